The predicted molar refractivity (Wildman–Crippen MR) is 105 cm³/mol. The molecule has 1 aliphatic rings. The SMILES string of the molecule is COC(=O)c1ccc2nc(Cc3ncc(Br)c(OC)n3)n(C[C@@H]3CCO3)c2c1. The molecule has 146 valence electrons. The number of halogens is 1. The van der Waals surface area contributed by atoms with Crippen LogP contribution in [0.3, 0.4) is 0 Å². The highest BCUT2D eigenvalue weighted by atomic mass is 79.9. The lowest BCUT2D eigenvalue weighted by Crippen LogP contribution is -2.31. The van der Waals surface area contributed by atoms with Crippen molar-refractivity contribution in [3.8, 4) is 5.88 Å². The number of hydrogen-bond donors (Lipinski definition) is 0. The molecule has 1 fully saturated rings. The van der Waals surface area contributed by atoms with Gasteiger partial charge in [0.15, 0.2) is 0 Å². The maximum absolute atomic E-state index is 11.9. The summed E-state index contributed by atoms with van der Waals surface area (Å²) in [6, 6.07) is 5.35. The predicted octanol–water partition coefficient (Wildman–Crippen LogP) is 2.76. The van der Waals surface area contributed by atoms with Crippen LogP contribution < -0.4 is 4.74 Å². The fourth-order valence-electron chi connectivity index (χ4n) is 3.14. The Balaban J connectivity index is 1.75. The highest BCUT2D eigenvalue weighted by molar-refractivity contribution is 9.10. The molecule has 1 aromatic carbocycles. The molecule has 2 aromatic heterocycles. The van der Waals surface area contributed by atoms with Gasteiger partial charge >= 0.3 is 5.97 Å². The third-order valence-corrected chi connectivity index (χ3v) is 5.24. The van der Waals surface area contributed by atoms with Crippen LogP contribution in [0, 0.1) is 0 Å². The van der Waals surface area contributed by atoms with E-state index in [0.717, 1.165) is 29.9 Å². The Morgan fingerprint density at radius 3 is 2.86 bits per heavy atom. The van der Waals surface area contributed by atoms with Gasteiger partial charge in [0.25, 0.3) is 0 Å². The number of aromatic nitrogens is 4. The van der Waals surface area contributed by atoms with Crippen molar-refractivity contribution in [2.24, 2.45) is 0 Å². The number of carbonyl (C=O) groups is 1. The van der Waals surface area contributed by atoms with Gasteiger partial charge in [0.1, 0.15) is 11.6 Å². The number of esters is 1. The summed E-state index contributed by atoms with van der Waals surface area (Å²) in [5.41, 5.74) is 2.14. The van der Waals surface area contributed by atoms with E-state index >= 15 is 0 Å². The van der Waals surface area contributed by atoms with Gasteiger partial charge in [-0.2, -0.15) is 4.98 Å². The van der Waals surface area contributed by atoms with Crippen LogP contribution in [0.15, 0.2) is 28.9 Å². The second-order valence-corrected chi connectivity index (χ2v) is 7.29. The Kier molecular flexibility index (Phi) is 5.27. The minimum atomic E-state index is -0.378. The average molecular weight is 447 g/mol. The Morgan fingerprint density at radius 2 is 2.18 bits per heavy atom. The maximum atomic E-state index is 11.9. The highest BCUT2D eigenvalue weighted by Gasteiger charge is 2.23. The summed E-state index contributed by atoms with van der Waals surface area (Å²) in [5.74, 6) is 1.50. The molecule has 0 aliphatic carbocycles. The lowest BCUT2D eigenvalue weighted by Gasteiger charge is -2.27. The molecule has 0 radical (unpaired) electrons. The highest BCUT2D eigenvalue weighted by Crippen LogP contribution is 2.25. The van der Waals surface area contributed by atoms with E-state index in [9.17, 15) is 4.79 Å². The largest absolute Gasteiger partial charge is 0.480 e. The molecule has 4 rings (SSSR count). The average Bonchev–Trinajstić information content (AvgIpc) is 3.01. The number of methoxy groups -OCH3 is 2. The molecule has 1 aliphatic heterocycles. The van der Waals surface area contributed by atoms with E-state index in [4.69, 9.17) is 19.2 Å². The molecule has 0 saturated carbocycles. The van der Waals surface area contributed by atoms with Gasteiger partial charge in [-0.15, -0.1) is 0 Å². The lowest BCUT2D eigenvalue weighted by atomic mass is 10.1. The van der Waals surface area contributed by atoms with Crippen LogP contribution in [0.1, 0.15) is 28.4 Å². The monoisotopic (exact) mass is 446 g/mol. The van der Waals surface area contributed by atoms with E-state index < -0.39 is 0 Å². The van der Waals surface area contributed by atoms with Crippen LogP contribution >= 0.6 is 15.9 Å². The van der Waals surface area contributed by atoms with Gasteiger partial charge in [0.2, 0.25) is 5.88 Å². The molecule has 3 heterocycles. The Bertz CT molecular complexity index is 1030. The van der Waals surface area contributed by atoms with Crippen LogP contribution in [0.5, 0.6) is 5.88 Å². The molecule has 0 spiro atoms. The van der Waals surface area contributed by atoms with Crippen LogP contribution in [0.4, 0.5) is 0 Å². The third kappa shape index (κ3) is 3.59. The van der Waals surface area contributed by atoms with Gasteiger partial charge in [0.05, 0.1) is 54.4 Å². The Hall–Kier alpha value is -2.52. The quantitative estimate of drug-likeness (QED) is 0.537. The standard InChI is InChI=1S/C19H19BrN4O4/c1-26-18-13(20)9-21-16(23-18)8-17-22-14-4-3-11(19(25)27-2)7-15(14)24(17)10-12-5-6-28-12/h3-4,7,9,12H,5-6,8,10H2,1-2H3/t12-/m0/s1. The van der Waals surface area contributed by atoms with Crippen molar-refractivity contribution < 1.29 is 19.0 Å². The molecule has 0 unspecified atom stereocenters. The normalized spacial score (nSPS) is 16.0. The fraction of sp³-hybridized carbons (Fsp3) is 0.368. The first-order chi connectivity index (χ1) is 13.6. The summed E-state index contributed by atoms with van der Waals surface area (Å²) in [7, 11) is 2.93. The Labute approximate surface area is 170 Å². The smallest absolute Gasteiger partial charge is 0.337 e. The van der Waals surface area contributed by atoms with Crippen molar-refractivity contribution >= 4 is 32.9 Å². The van der Waals surface area contributed by atoms with Crippen LogP contribution in [0.2, 0.25) is 0 Å². The third-order valence-electron chi connectivity index (χ3n) is 4.70. The van der Waals surface area contributed by atoms with Crippen molar-refractivity contribution in [1.29, 1.82) is 0 Å². The summed E-state index contributed by atoms with van der Waals surface area (Å²) >= 11 is 3.37. The van der Waals surface area contributed by atoms with Crippen molar-refractivity contribution in [1.82, 2.24) is 19.5 Å². The first-order valence-corrected chi connectivity index (χ1v) is 9.63. The zero-order chi connectivity index (χ0) is 19.7. The second kappa shape index (κ2) is 7.84. The van der Waals surface area contributed by atoms with E-state index in [1.165, 1.54) is 7.11 Å². The number of hydrogen-bond acceptors (Lipinski definition) is 7. The van der Waals surface area contributed by atoms with Gasteiger partial charge in [-0.1, -0.05) is 0 Å². The summed E-state index contributed by atoms with van der Waals surface area (Å²) in [6.45, 7) is 1.43. The van der Waals surface area contributed by atoms with Crippen LogP contribution in [-0.2, 0) is 22.4 Å². The molecule has 8 nitrogen and oxygen atoms in total. The zero-order valence-corrected chi connectivity index (χ0v) is 17.1. The van der Waals surface area contributed by atoms with Gasteiger partial charge in [-0.05, 0) is 40.5 Å². The topological polar surface area (TPSA) is 88.4 Å². The van der Waals surface area contributed by atoms with E-state index in [1.54, 1.807) is 25.4 Å². The van der Waals surface area contributed by atoms with E-state index in [-0.39, 0.29) is 12.1 Å². The fourth-order valence-corrected chi connectivity index (χ4v) is 3.50. The number of rotatable bonds is 6. The Morgan fingerprint density at radius 1 is 1.36 bits per heavy atom. The van der Waals surface area contributed by atoms with Crippen LogP contribution in [-0.4, -0.2) is 52.4 Å². The molecule has 28 heavy (non-hydrogen) atoms. The summed E-state index contributed by atoms with van der Waals surface area (Å²) in [6.07, 6.45) is 3.23. The minimum absolute atomic E-state index is 0.137. The van der Waals surface area contributed by atoms with E-state index in [1.807, 2.05) is 6.07 Å². The number of fused-ring (bicyclic) bond motifs is 1. The number of ether oxygens (including phenoxy) is 3. The molecule has 0 amide bonds. The first-order valence-electron chi connectivity index (χ1n) is 8.83. The zero-order valence-electron chi connectivity index (χ0n) is 15.5. The summed E-state index contributed by atoms with van der Waals surface area (Å²) in [4.78, 5) is 25.5. The van der Waals surface area contributed by atoms with E-state index in [0.29, 0.717) is 34.7 Å². The summed E-state index contributed by atoms with van der Waals surface area (Å²) < 4.78 is 18.5. The van der Waals surface area contributed by atoms with E-state index in [2.05, 4.69) is 30.5 Å². The second-order valence-electron chi connectivity index (χ2n) is 6.44. The molecule has 1 atom stereocenters. The van der Waals surface area contributed by atoms with Crippen molar-refractivity contribution in [2.45, 2.75) is 25.5 Å². The molecule has 3 aromatic rings. The number of imidazole rings is 1. The molecule has 0 N–H and O–H groups in total. The minimum Gasteiger partial charge on any atom is -0.480 e. The van der Waals surface area contributed by atoms with Crippen molar-refractivity contribution in [3.05, 3.63) is 46.1 Å². The van der Waals surface area contributed by atoms with Crippen molar-refractivity contribution in [3.63, 3.8) is 0 Å². The molecule has 0 bridgehead atoms. The number of nitrogens with zero attached hydrogens (tertiary/aromatic N) is 4. The first kappa shape index (κ1) is 18.8. The van der Waals surface area contributed by atoms with Gasteiger partial charge < -0.3 is 18.8 Å². The molecular weight excluding hydrogens is 428 g/mol. The summed E-state index contributed by atoms with van der Waals surface area (Å²) in [5, 5.41) is 0. The number of benzene rings is 1. The van der Waals surface area contributed by atoms with Gasteiger partial charge in [-0.25, -0.2) is 14.8 Å². The van der Waals surface area contributed by atoms with Gasteiger partial charge in [0, 0.05) is 12.8 Å². The van der Waals surface area contributed by atoms with Gasteiger partial charge in [-0.3, -0.25) is 0 Å². The van der Waals surface area contributed by atoms with Crippen LogP contribution in [0.25, 0.3) is 11.0 Å². The maximum Gasteiger partial charge on any atom is 0.337 e. The lowest BCUT2D eigenvalue weighted by molar-refractivity contribution is -0.0589. The van der Waals surface area contributed by atoms with Crippen molar-refractivity contribution in [2.75, 3.05) is 20.8 Å². The molecule has 1 saturated heterocycles. The molecule has 9 heteroatoms. The molecular formula is C19H19BrN4O4. The number of carbonyl (C=O) groups excluding carboxylic acids is 1.